The minimum absolute atomic E-state index is 0.648. The van der Waals surface area contributed by atoms with Gasteiger partial charge in [-0.05, 0) is 24.2 Å². The molecule has 0 bridgehead atoms. The van der Waals surface area contributed by atoms with Crippen LogP contribution < -0.4 is 0 Å². The largest absolute Gasteiger partial charge is 0.0623 e. The average molecular weight is 595 g/mol. The molecule has 0 saturated heterocycles. The van der Waals surface area contributed by atoms with Crippen molar-refractivity contribution in [3.63, 3.8) is 0 Å². The van der Waals surface area contributed by atoms with Crippen molar-refractivity contribution < 1.29 is 15.0 Å². The average Bonchev–Trinajstić information content (AvgIpc) is 2.30. The van der Waals surface area contributed by atoms with Gasteiger partial charge < -0.3 is 4.89 Å². The number of halogens is 2. The van der Waals surface area contributed by atoms with Crippen LogP contribution in [0.1, 0.15) is 27.7 Å². The monoisotopic (exact) mass is 596 g/mol. The molecule has 19 heavy (non-hydrogen) atoms. The van der Waals surface area contributed by atoms with Gasteiger partial charge >= 0.3 is 49.6 Å². The number of hydrogen-bond acceptors (Lipinski definition) is 1. The summed E-state index contributed by atoms with van der Waals surface area (Å²) in [5.41, 5.74) is 0. The van der Waals surface area contributed by atoms with Crippen LogP contribution in [0.25, 0.3) is 0 Å². The fraction of sp³-hybridized carbons (Fsp3) is 0.571. The zero-order valence-electron chi connectivity index (χ0n) is 12.0. The van der Waals surface area contributed by atoms with Gasteiger partial charge in [0.25, 0.3) is 0 Å². The van der Waals surface area contributed by atoms with Crippen molar-refractivity contribution >= 4 is 47.6 Å². The van der Waals surface area contributed by atoms with Crippen molar-refractivity contribution in [2.75, 3.05) is 12.3 Å². The molecule has 1 N–H and O–H groups in total. The second-order valence-electron chi connectivity index (χ2n) is 4.86. The van der Waals surface area contributed by atoms with Gasteiger partial charge in [0, 0.05) is 8.15 Å². The van der Waals surface area contributed by atoms with Crippen LogP contribution in [0.5, 0.6) is 0 Å². The van der Waals surface area contributed by atoms with Gasteiger partial charge in [0.1, 0.15) is 0 Å². The summed E-state index contributed by atoms with van der Waals surface area (Å²) in [4.78, 5) is 9.45. The van der Waals surface area contributed by atoms with Gasteiger partial charge in [0.15, 0.2) is 0 Å². The Labute approximate surface area is 149 Å². The minimum atomic E-state index is -0.659. The van der Waals surface area contributed by atoms with E-state index in [-0.39, 0.29) is 0 Å². The van der Waals surface area contributed by atoms with Crippen LogP contribution >= 0.6 is 47.6 Å². The Morgan fingerprint density at radius 1 is 0.842 bits per heavy atom. The summed E-state index contributed by atoms with van der Waals surface area (Å²) in [7, 11) is -0.00947. The zero-order chi connectivity index (χ0) is 15.1. The van der Waals surface area contributed by atoms with E-state index < -0.39 is 8.15 Å². The second-order valence-corrected chi connectivity index (χ2v) is 20.0. The zero-order valence-corrected chi connectivity index (χ0v) is 19.0. The molecule has 0 aromatic heterocycles. The van der Waals surface area contributed by atoms with E-state index in [1.54, 1.807) is 0 Å². The summed E-state index contributed by atoms with van der Waals surface area (Å²) in [6.45, 7) is 8.63. The molecule has 0 aliphatic carbocycles. The molecule has 0 amide bonds. The van der Waals surface area contributed by atoms with Gasteiger partial charge in [-0.25, -0.2) is 0 Å². The Morgan fingerprint density at radius 2 is 1.05 bits per heavy atom. The number of rotatable bonds is 4. The van der Waals surface area contributed by atoms with E-state index in [1.165, 1.54) is 0 Å². The normalized spacial score (nSPS) is 10.0. The third-order valence-corrected chi connectivity index (χ3v) is 4.12. The quantitative estimate of drug-likeness (QED) is 0.252. The molecule has 1 nitrogen and oxygen atoms in total. The predicted molar refractivity (Wildman–Crippen MR) is 103 cm³/mol. The second kappa shape index (κ2) is 17.7. The molecule has 1 aromatic rings. The van der Waals surface area contributed by atoms with E-state index >= 15 is 0 Å². The van der Waals surface area contributed by atoms with Crippen molar-refractivity contribution in [2.24, 2.45) is 11.8 Å². The minimum Gasteiger partial charge on any atom is -0.0623 e. The van der Waals surface area contributed by atoms with Crippen LogP contribution in [0.4, 0.5) is 0 Å². The van der Waals surface area contributed by atoms with Crippen LogP contribution in [0.3, 0.4) is 0 Å². The molecule has 0 atom stereocenters. The predicted octanol–water partition coefficient (Wildman–Crippen LogP) is 6.14. The van der Waals surface area contributed by atoms with Crippen molar-refractivity contribution in [3.8, 4) is 0 Å². The SMILES string of the molecule is CC(C)CP(O)CC(C)C.[I][Ru][I].c1ccccc1. The van der Waals surface area contributed by atoms with Crippen LogP contribution in [0.15, 0.2) is 36.4 Å². The summed E-state index contributed by atoms with van der Waals surface area (Å²) in [6.07, 6.45) is 2.01. The van der Waals surface area contributed by atoms with E-state index in [9.17, 15) is 4.89 Å². The van der Waals surface area contributed by atoms with Gasteiger partial charge in [-0.2, -0.15) is 0 Å². The van der Waals surface area contributed by atoms with Crippen molar-refractivity contribution in [3.05, 3.63) is 36.4 Å². The molecule has 1 aromatic carbocycles. The smallest absolute Gasteiger partial charge is 0.0623 e. The fourth-order valence-electron chi connectivity index (χ4n) is 1.30. The van der Waals surface area contributed by atoms with Crippen molar-refractivity contribution in [1.82, 2.24) is 0 Å². The first-order valence-electron chi connectivity index (χ1n) is 6.23. The molecule has 0 spiro atoms. The number of benzene rings is 1. The van der Waals surface area contributed by atoms with Crippen LogP contribution in [-0.2, 0) is 10.1 Å². The van der Waals surface area contributed by atoms with Gasteiger partial charge in [-0.1, -0.05) is 64.1 Å². The molecule has 1 rings (SSSR count). The third kappa shape index (κ3) is 25.0. The number of hydrogen-bond donors (Lipinski definition) is 1. The first kappa shape index (κ1) is 23.0. The topological polar surface area (TPSA) is 20.2 Å². The molecular weight excluding hydrogens is 570 g/mol. The Morgan fingerprint density at radius 3 is 1.21 bits per heavy atom. The molecule has 0 unspecified atom stereocenters. The maximum Gasteiger partial charge on any atom is -0.0623 e. The van der Waals surface area contributed by atoms with Gasteiger partial charge in [0.2, 0.25) is 0 Å². The van der Waals surface area contributed by atoms with Crippen LogP contribution in [-0.4, -0.2) is 17.2 Å². The summed E-state index contributed by atoms with van der Waals surface area (Å²) in [6, 6.07) is 12.0. The van der Waals surface area contributed by atoms with E-state index in [1.807, 2.05) is 36.4 Å². The van der Waals surface area contributed by atoms with Crippen molar-refractivity contribution in [2.45, 2.75) is 27.7 Å². The summed E-state index contributed by atoms with van der Waals surface area (Å²) in [5.74, 6) is 1.30. The van der Waals surface area contributed by atoms with E-state index in [2.05, 4.69) is 67.2 Å². The first-order chi connectivity index (χ1) is 8.93. The Hall–Kier alpha value is 1.69. The molecule has 114 valence electrons. The summed E-state index contributed by atoms with van der Waals surface area (Å²) < 4.78 is 0. The molecule has 0 radical (unpaired) electrons. The molecule has 5 heteroatoms. The first-order valence-corrected chi connectivity index (χ1v) is 18.2. The molecule has 0 aliphatic heterocycles. The van der Waals surface area contributed by atoms with Crippen molar-refractivity contribution in [1.29, 1.82) is 0 Å². The molecule has 0 heterocycles. The molecular formula is C14H25I2OPRu. The molecule has 0 fully saturated rings. The standard InChI is InChI=1S/C8H19OP.C6H6.2HI.Ru/c1-7(2)5-10(9)6-8(3)4;1-2-4-6-5-3-1;;;/h7-9H,5-6H2,1-4H3;1-6H;2*1H;/q;;;;+2/p-2. The maximum atomic E-state index is 9.45. The third-order valence-electron chi connectivity index (χ3n) is 1.82. The van der Waals surface area contributed by atoms with E-state index in [0.29, 0.717) is 21.9 Å². The summed E-state index contributed by atoms with van der Waals surface area (Å²) in [5, 5.41) is 0. The van der Waals surface area contributed by atoms with Crippen LogP contribution in [0.2, 0.25) is 0 Å². The summed E-state index contributed by atoms with van der Waals surface area (Å²) >= 11 is 4.73. The van der Waals surface area contributed by atoms with E-state index in [4.69, 9.17) is 0 Å². The van der Waals surface area contributed by atoms with Gasteiger partial charge in [-0.15, -0.1) is 0 Å². The van der Waals surface area contributed by atoms with Gasteiger partial charge in [0.05, 0.1) is 0 Å². The Kier molecular flexibility index (Phi) is 21.4. The maximum absolute atomic E-state index is 9.45. The van der Waals surface area contributed by atoms with E-state index in [0.717, 1.165) is 12.3 Å². The van der Waals surface area contributed by atoms with Crippen LogP contribution in [0, 0.1) is 11.8 Å². The Bertz CT molecular complexity index is 224. The molecule has 0 aliphatic rings. The Balaban J connectivity index is 0. The fourth-order valence-corrected chi connectivity index (χ4v) is 3.14. The van der Waals surface area contributed by atoms with Gasteiger partial charge in [-0.3, -0.25) is 0 Å². The molecule has 0 saturated carbocycles.